The number of allylic oxidation sites excluding steroid dienone is 2. The summed E-state index contributed by atoms with van der Waals surface area (Å²) in [6.45, 7) is 1.41. The normalized spacial score (nSPS) is 22.9. The van der Waals surface area contributed by atoms with Crippen LogP contribution in [0.5, 0.6) is 0 Å². The summed E-state index contributed by atoms with van der Waals surface area (Å²) in [5, 5.41) is 0. The Morgan fingerprint density at radius 1 is 1.11 bits per heavy atom. The molecule has 0 N–H and O–H groups in total. The van der Waals surface area contributed by atoms with E-state index in [1.807, 2.05) is 18.2 Å². The third-order valence-corrected chi connectivity index (χ3v) is 3.55. The Morgan fingerprint density at radius 2 is 1.83 bits per heavy atom. The number of carbonyl (C=O) groups excluding carboxylic acids is 1. The summed E-state index contributed by atoms with van der Waals surface area (Å²) < 4.78 is 5.79. The molecule has 2 atom stereocenters. The summed E-state index contributed by atoms with van der Waals surface area (Å²) in [6.07, 6.45) is 8.13. The first kappa shape index (κ1) is 13.0. The molecule has 18 heavy (non-hydrogen) atoms. The minimum atomic E-state index is 0.461. The molecule has 0 fully saturated rings. The number of benzene rings is 1. The highest BCUT2D eigenvalue weighted by molar-refractivity contribution is 5.50. The van der Waals surface area contributed by atoms with Crippen LogP contribution in [0.4, 0.5) is 0 Å². The maximum absolute atomic E-state index is 10.6. The summed E-state index contributed by atoms with van der Waals surface area (Å²) in [5.74, 6) is 0.951. The third kappa shape index (κ3) is 3.81. The number of ether oxygens (including phenoxy) is 1. The van der Waals surface area contributed by atoms with E-state index in [1.54, 1.807) is 0 Å². The van der Waals surface area contributed by atoms with E-state index >= 15 is 0 Å². The van der Waals surface area contributed by atoms with Crippen LogP contribution in [0.15, 0.2) is 42.5 Å². The molecule has 1 aromatic carbocycles. The second-order valence-electron chi connectivity index (χ2n) is 4.87. The fraction of sp³-hybridized carbons (Fsp3) is 0.438. The molecule has 2 unspecified atom stereocenters. The van der Waals surface area contributed by atoms with Crippen molar-refractivity contribution in [2.75, 3.05) is 6.61 Å². The van der Waals surface area contributed by atoms with Crippen LogP contribution in [0.25, 0.3) is 0 Å². The van der Waals surface area contributed by atoms with E-state index in [4.69, 9.17) is 4.74 Å². The van der Waals surface area contributed by atoms with Gasteiger partial charge >= 0.3 is 0 Å². The molecular formula is C16H20O2. The zero-order chi connectivity index (χ0) is 12.6. The maximum Gasteiger partial charge on any atom is 0.120 e. The average molecular weight is 244 g/mol. The van der Waals surface area contributed by atoms with Crippen LogP contribution in [0.3, 0.4) is 0 Å². The van der Waals surface area contributed by atoms with Crippen LogP contribution in [-0.2, 0) is 16.1 Å². The fourth-order valence-electron chi connectivity index (χ4n) is 2.45. The Morgan fingerprint density at radius 3 is 2.56 bits per heavy atom. The van der Waals surface area contributed by atoms with Crippen LogP contribution < -0.4 is 0 Å². The molecule has 2 heteroatoms. The predicted molar refractivity (Wildman–Crippen MR) is 72.1 cm³/mol. The molecule has 0 spiro atoms. The summed E-state index contributed by atoms with van der Waals surface area (Å²) in [4.78, 5) is 10.6. The molecule has 0 amide bonds. The van der Waals surface area contributed by atoms with Gasteiger partial charge in [0.15, 0.2) is 0 Å². The van der Waals surface area contributed by atoms with E-state index in [1.165, 1.54) is 5.56 Å². The maximum atomic E-state index is 10.6. The first-order valence-electron chi connectivity index (χ1n) is 6.60. The Balaban J connectivity index is 1.78. The number of aldehydes is 1. The standard InChI is InChI=1S/C16H20O2/c17-11-10-15-8-4-5-9-16(15)13-18-12-14-6-2-1-3-7-14/h1-7,11,15-16H,8-10,12-13H2. The van der Waals surface area contributed by atoms with Crippen molar-refractivity contribution in [3.63, 3.8) is 0 Å². The zero-order valence-electron chi connectivity index (χ0n) is 10.6. The van der Waals surface area contributed by atoms with Crippen LogP contribution >= 0.6 is 0 Å². The number of rotatable bonds is 6. The lowest BCUT2D eigenvalue weighted by Gasteiger charge is -2.26. The SMILES string of the molecule is O=CCC1CC=CCC1COCc1ccccc1. The molecule has 0 heterocycles. The Kier molecular flexibility index (Phi) is 5.15. The van der Waals surface area contributed by atoms with Crippen molar-refractivity contribution in [1.82, 2.24) is 0 Å². The molecule has 1 aromatic rings. The van der Waals surface area contributed by atoms with Crippen molar-refractivity contribution in [3.05, 3.63) is 48.0 Å². The zero-order valence-corrected chi connectivity index (χ0v) is 10.6. The van der Waals surface area contributed by atoms with Crippen molar-refractivity contribution in [2.24, 2.45) is 11.8 Å². The van der Waals surface area contributed by atoms with Crippen LogP contribution in [-0.4, -0.2) is 12.9 Å². The van der Waals surface area contributed by atoms with Crippen molar-refractivity contribution in [1.29, 1.82) is 0 Å². The lowest BCUT2D eigenvalue weighted by molar-refractivity contribution is -0.109. The molecule has 0 aliphatic heterocycles. The summed E-state index contributed by atoms with van der Waals surface area (Å²) in [6, 6.07) is 10.2. The van der Waals surface area contributed by atoms with E-state index < -0.39 is 0 Å². The molecule has 96 valence electrons. The van der Waals surface area contributed by atoms with E-state index in [-0.39, 0.29) is 0 Å². The summed E-state index contributed by atoms with van der Waals surface area (Å²) >= 11 is 0. The molecular weight excluding hydrogens is 224 g/mol. The highest BCUT2D eigenvalue weighted by Crippen LogP contribution is 2.28. The minimum absolute atomic E-state index is 0.461. The van der Waals surface area contributed by atoms with Gasteiger partial charge in [0.2, 0.25) is 0 Å². The number of hydrogen-bond donors (Lipinski definition) is 0. The second kappa shape index (κ2) is 7.12. The van der Waals surface area contributed by atoms with Gasteiger partial charge in [0, 0.05) is 6.42 Å². The Bertz CT molecular complexity index is 383. The van der Waals surface area contributed by atoms with Gasteiger partial charge in [0.25, 0.3) is 0 Å². The first-order chi connectivity index (χ1) is 8.90. The van der Waals surface area contributed by atoms with Gasteiger partial charge in [-0.2, -0.15) is 0 Å². The molecule has 0 bridgehead atoms. The first-order valence-corrected chi connectivity index (χ1v) is 6.60. The molecule has 1 aliphatic rings. The third-order valence-electron chi connectivity index (χ3n) is 3.55. The van der Waals surface area contributed by atoms with Crippen LogP contribution in [0.1, 0.15) is 24.8 Å². The monoisotopic (exact) mass is 244 g/mol. The van der Waals surface area contributed by atoms with E-state index in [9.17, 15) is 4.79 Å². The lowest BCUT2D eigenvalue weighted by Crippen LogP contribution is -2.22. The van der Waals surface area contributed by atoms with Gasteiger partial charge in [-0.1, -0.05) is 42.5 Å². The van der Waals surface area contributed by atoms with E-state index in [0.717, 1.165) is 25.7 Å². The molecule has 2 rings (SSSR count). The topological polar surface area (TPSA) is 26.3 Å². The van der Waals surface area contributed by atoms with Gasteiger partial charge in [-0.05, 0) is 30.2 Å². The van der Waals surface area contributed by atoms with Gasteiger partial charge in [-0.25, -0.2) is 0 Å². The van der Waals surface area contributed by atoms with Gasteiger partial charge in [-0.15, -0.1) is 0 Å². The minimum Gasteiger partial charge on any atom is -0.376 e. The van der Waals surface area contributed by atoms with Gasteiger partial charge < -0.3 is 9.53 Å². The fourth-order valence-corrected chi connectivity index (χ4v) is 2.45. The quantitative estimate of drug-likeness (QED) is 0.566. The number of hydrogen-bond acceptors (Lipinski definition) is 2. The molecule has 0 radical (unpaired) electrons. The predicted octanol–water partition coefficient (Wildman–Crippen LogP) is 3.37. The van der Waals surface area contributed by atoms with Crippen molar-refractivity contribution >= 4 is 6.29 Å². The molecule has 2 nitrogen and oxygen atoms in total. The number of carbonyl (C=O) groups is 1. The largest absolute Gasteiger partial charge is 0.376 e. The van der Waals surface area contributed by atoms with Crippen LogP contribution in [0, 0.1) is 11.8 Å². The molecule has 1 aliphatic carbocycles. The molecule has 0 saturated carbocycles. The second-order valence-corrected chi connectivity index (χ2v) is 4.87. The van der Waals surface area contributed by atoms with Crippen molar-refractivity contribution in [2.45, 2.75) is 25.9 Å². The van der Waals surface area contributed by atoms with Crippen LogP contribution in [0.2, 0.25) is 0 Å². The Hall–Kier alpha value is -1.41. The van der Waals surface area contributed by atoms with Crippen molar-refractivity contribution < 1.29 is 9.53 Å². The van der Waals surface area contributed by atoms with Gasteiger partial charge in [-0.3, -0.25) is 0 Å². The highest BCUT2D eigenvalue weighted by atomic mass is 16.5. The average Bonchev–Trinajstić information content (AvgIpc) is 2.42. The molecule has 0 saturated heterocycles. The lowest BCUT2D eigenvalue weighted by atomic mass is 9.82. The molecule has 0 aromatic heterocycles. The van der Waals surface area contributed by atoms with E-state index in [2.05, 4.69) is 24.3 Å². The van der Waals surface area contributed by atoms with E-state index in [0.29, 0.717) is 24.9 Å². The highest BCUT2D eigenvalue weighted by Gasteiger charge is 2.22. The van der Waals surface area contributed by atoms with Gasteiger partial charge in [0.05, 0.1) is 13.2 Å². The Labute approximate surface area is 109 Å². The summed E-state index contributed by atoms with van der Waals surface area (Å²) in [5.41, 5.74) is 1.20. The van der Waals surface area contributed by atoms with Crippen molar-refractivity contribution in [3.8, 4) is 0 Å². The van der Waals surface area contributed by atoms with Gasteiger partial charge in [0.1, 0.15) is 6.29 Å². The smallest absolute Gasteiger partial charge is 0.120 e. The summed E-state index contributed by atoms with van der Waals surface area (Å²) in [7, 11) is 0.